The van der Waals surface area contributed by atoms with Crippen LogP contribution in [-0.4, -0.2) is 31.6 Å². The number of allylic oxidation sites excluding steroid dienone is 3. The van der Waals surface area contributed by atoms with Crippen LogP contribution in [0.1, 0.15) is 57.4 Å². The molecule has 1 aliphatic carbocycles. The van der Waals surface area contributed by atoms with Crippen molar-refractivity contribution in [3.63, 3.8) is 0 Å². The molecular formula is C29H33NO5. The quantitative estimate of drug-likeness (QED) is 0.364. The fourth-order valence-electron chi connectivity index (χ4n) is 4.63. The lowest BCUT2D eigenvalue weighted by Crippen LogP contribution is -2.34. The maximum absolute atomic E-state index is 13.4. The molecule has 2 aliphatic rings. The van der Waals surface area contributed by atoms with Crippen LogP contribution in [0.25, 0.3) is 0 Å². The summed E-state index contributed by atoms with van der Waals surface area (Å²) in [6.45, 7) is 4.90. The molecule has 0 radical (unpaired) electrons. The van der Waals surface area contributed by atoms with Crippen molar-refractivity contribution in [2.24, 2.45) is 0 Å². The highest BCUT2D eigenvalue weighted by molar-refractivity contribution is 6.04. The standard InChI is InChI=1S/C29H33NO5/c1-3-4-17-34-25-16-9-8-13-22(25)27-26(20(2)30-23-14-10-15-24(31)28(23)27)29(32)35-19-18-33-21-11-6-5-7-12-21/h5-9,11-13,16,27,30H,3-4,10,14-15,17-19H2,1-2H3/t27-/m0/s1. The van der Waals surface area contributed by atoms with Crippen LogP contribution >= 0.6 is 0 Å². The van der Waals surface area contributed by atoms with Crippen molar-refractivity contribution in [2.75, 3.05) is 19.8 Å². The number of benzene rings is 2. The number of carbonyl (C=O) groups excluding carboxylic acids is 2. The number of ether oxygens (including phenoxy) is 3. The Balaban J connectivity index is 1.60. The molecule has 0 amide bonds. The minimum Gasteiger partial charge on any atom is -0.493 e. The van der Waals surface area contributed by atoms with E-state index >= 15 is 0 Å². The average Bonchev–Trinajstić information content (AvgIpc) is 2.87. The average molecular weight is 476 g/mol. The molecule has 0 spiro atoms. The van der Waals surface area contributed by atoms with Crippen LogP contribution in [0.5, 0.6) is 11.5 Å². The van der Waals surface area contributed by atoms with Crippen molar-refractivity contribution in [1.82, 2.24) is 5.32 Å². The van der Waals surface area contributed by atoms with Crippen LogP contribution in [0.4, 0.5) is 0 Å². The molecule has 0 saturated carbocycles. The number of carbonyl (C=O) groups is 2. The second-order valence-corrected chi connectivity index (χ2v) is 8.80. The molecule has 6 heteroatoms. The summed E-state index contributed by atoms with van der Waals surface area (Å²) in [5, 5.41) is 3.33. The molecular weight excluding hydrogens is 442 g/mol. The molecule has 35 heavy (non-hydrogen) atoms. The van der Waals surface area contributed by atoms with Crippen molar-refractivity contribution in [1.29, 1.82) is 0 Å². The fourth-order valence-corrected chi connectivity index (χ4v) is 4.63. The largest absolute Gasteiger partial charge is 0.493 e. The van der Waals surface area contributed by atoms with E-state index in [1.165, 1.54) is 0 Å². The Hall–Kier alpha value is -3.54. The first-order chi connectivity index (χ1) is 17.1. The zero-order chi connectivity index (χ0) is 24.6. The maximum Gasteiger partial charge on any atom is 0.336 e. The van der Waals surface area contributed by atoms with E-state index in [0.717, 1.165) is 42.7 Å². The van der Waals surface area contributed by atoms with Crippen LogP contribution in [0, 0.1) is 0 Å². The van der Waals surface area contributed by atoms with Crippen molar-refractivity contribution in [3.8, 4) is 11.5 Å². The third-order valence-corrected chi connectivity index (χ3v) is 6.31. The summed E-state index contributed by atoms with van der Waals surface area (Å²) in [5.74, 6) is 0.502. The van der Waals surface area contributed by atoms with E-state index in [1.807, 2.05) is 61.5 Å². The normalized spacial score (nSPS) is 17.5. The Labute approximate surface area is 207 Å². The summed E-state index contributed by atoms with van der Waals surface area (Å²) in [6.07, 6.45) is 4.00. The zero-order valence-electron chi connectivity index (χ0n) is 20.5. The van der Waals surface area contributed by atoms with Crippen molar-refractivity contribution in [3.05, 3.63) is 82.7 Å². The molecule has 0 bridgehead atoms. The summed E-state index contributed by atoms with van der Waals surface area (Å²) in [7, 11) is 0. The number of esters is 1. The Kier molecular flexibility index (Phi) is 8.24. The van der Waals surface area contributed by atoms with E-state index < -0.39 is 11.9 Å². The van der Waals surface area contributed by atoms with Crippen molar-refractivity contribution in [2.45, 2.75) is 51.9 Å². The van der Waals surface area contributed by atoms with E-state index in [1.54, 1.807) is 0 Å². The van der Waals surface area contributed by atoms with Gasteiger partial charge in [0.2, 0.25) is 0 Å². The summed E-state index contributed by atoms with van der Waals surface area (Å²) in [4.78, 5) is 26.5. The number of dihydropyridines is 1. The Morgan fingerprint density at radius 3 is 2.54 bits per heavy atom. The van der Waals surface area contributed by atoms with Crippen molar-refractivity contribution >= 4 is 11.8 Å². The lowest BCUT2D eigenvalue weighted by molar-refractivity contribution is -0.140. The number of Topliss-reactive ketones (excluding diaryl/α,β-unsaturated/α-hetero) is 1. The third-order valence-electron chi connectivity index (χ3n) is 6.31. The van der Waals surface area contributed by atoms with Crippen LogP contribution in [0.3, 0.4) is 0 Å². The molecule has 1 N–H and O–H groups in total. The molecule has 0 fully saturated rings. The molecule has 0 saturated heterocycles. The van der Waals surface area contributed by atoms with Gasteiger partial charge in [0, 0.05) is 29.0 Å². The van der Waals surface area contributed by atoms with Gasteiger partial charge < -0.3 is 19.5 Å². The van der Waals surface area contributed by atoms with E-state index in [-0.39, 0.29) is 19.0 Å². The topological polar surface area (TPSA) is 73.9 Å². The van der Waals surface area contributed by atoms with Gasteiger partial charge in [-0.05, 0) is 44.4 Å². The first-order valence-electron chi connectivity index (χ1n) is 12.4. The lowest BCUT2D eigenvalue weighted by atomic mass is 9.75. The number of hydrogen-bond donors (Lipinski definition) is 1. The summed E-state index contributed by atoms with van der Waals surface area (Å²) in [5.41, 5.74) is 3.53. The number of nitrogens with one attached hydrogen (secondary N) is 1. The van der Waals surface area contributed by atoms with Crippen LogP contribution in [0.15, 0.2) is 77.1 Å². The molecule has 1 heterocycles. The Bertz CT molecular complexity index is 1120. The molecule has 2 aromatic carbocycles. The molecule has 0 aromatic heterocycles. The minimum atomic E-state index is -0.528. The van der Waals surface area contributed by atoms with Gasteiger partial charge >= 0.3 is 5.97 Å². The van der Waals surface area contributed by atoms with Crippen LogP contribution < -0.4 is 14.8 Å². The second-order valence-electron chi connectivity index (χ2n) is 8.80. The zero-order valence-corrected chi connectivity index (χ0v) is 20.5. The number of ketones is 1. The summed E-state index contributed by atoms with van der Waals surface area (Å²) >= 11 is 0. The van der Waals surface area contributed by atoms with Gasteiger partial charge in [0.05, 0.1) is 18.1 Å². The highest BCUT2D eigenvalue weighted by Gasteiger charge is 2.40. The summed E-state index contributed by atoms with van der Waals surface area (Å²) < 4.78 is 17.4. The monoisotopic (exact) mass is 475 g/mol. The van der Waals surface area contributed by atoms with Gasteiger partial charge in [0.25, 0.3) is 0 Å². The Morgan fingerprint density at radius 2 is 1.74 bits per heavy atom. The first kappa shape index (κ1) is 24.6. The predicted molar refractivity (Wildman–Crippen MR) is 134 cm³/mol. The van der Waals surface area contributed by atoms with Gasteiger partial charge in [-0.1, -0.05) is 49.7 Å². The lowest BCUT2D eigenvalue weighted by Gasteiger charge is -2.34. The molecule has 1 aliphatic heterocycles. The SMILES string of the molecule is CCCCOc1ccccc1[C@H]1C(C(=O)OCCOc2ccccc2)=C(C)NC2=C1C(=O)CCC2. The molecule has 2 aromatic rings. The van der Waals surface area contributed by atoms with E-state index in [4.69, 9.17) is 14.2 Å². The second kappa shape index (κ2) is 11.7. The number of rotatable bonds is 10. The van der Waals surface area contributed by atoms with E-state index in [9.17, 15) is 9.59 Å². The Morgan fingerprint density at radius 1 is 0.971 bits per heavy atom. The van der Waals surface area contributed by atoms with E-state index in [0.29, 0.717) is 35.6 Å². The van der Waals surface area contributed by atoms with Crippen LogP contribution in [0.2, 0.25) is 0 Å². The smallest absolute Gasteiger partial charge is 0.336 e. The van der Waals surface area contributed by atoms with Gasteiger partial charge in [0.1, 0.15) is 24.7 Å². The molecule has 184 valence electrons. The van der Waals surface area contributed by atoms with Crippen molar-refractivity contribution < 1.29 is 23.8 Å². The molecule has 4 rings (SSSR count). The minimum absolute atomic E-state index is 0.0670. The number of hydrogen-bond acceptors (Lipinski definition) is 6. The van der Waals surface area contributed by atoms with Gasteiger partial charge in [-0.15, -0.1) is 0 Å². The maximum atomic E-state index is 13.4. The van der Waals surface area contributed by atoms with E-state index in [2.05, 4.69) is 12.2 Å². The first-order valence-corrected chi connectivity index (χ1v) is 12.4. The summed E-state index contributed by atoms with van der Waals surface area (Å²) in [6, 6.07) is 17.1. The van der Waals surface area contributed by atoms with Gasteiger partial charge in [-0.25, -0.2) is 4.79 Å². The molecule has 1 atom stereocenters. The third kappa shape index (κ3) is 5.76. The highest BCUT2D eigenvalue weighted by atomic mass is 16.6. The number of para-hydroxylation sites is 2. The number of unbranched alkanes of at least 4 members (excludes halogenated alkanes) is 1. The van der Waals surface area contributed by atoms with Gasteiger partial charge in [-0.3, -0.25) is 4.79 Å². The highest BCUT2D eigenvalue weighted by Crippen LogP contribution is 2.45. The fraction of sp³-hybridized carbons (Fsp3) is 0.379. The van der Waals surface area contributed by atoms with Gasteiger partial charge in [0.15, 0.2) is 5.78 Å². The van der Waals surface area contributed by atoms with Gasteiger partial charge in [-0.2, -0.15) is 0 Å². The van der Waals surface area contributed by atoms with Crippen LogP contribution in [-0.2, 0) is 14.3 Å². The molecule has 6 nitrogen and oxygen atoms in total. The predicted octanol–water partition coefficient (Wildman–Crippen LogP) is 5.46. The molecule has 0 unspecified atom stereocenters.